The molecule has 13 heavy (non-hydrogen) atoms. The van der Waals surface area contributed by atoms with Crippen LogP contribution in [0, 0.1) is 5.92 Å². The summed E-state index contributed by atoms with van der Waals surface area (Å²) in [6, 6.07) is 8.70. The van der Waals surface area contributed by atoms with Gasteiger partial charge in [-0.05, 0) is 29.0 Å². The van der Waals surface area contributed by atoms with Gasteiger partial charge in [-0.1, -0.05) is 51.6 Å². The van der Waals surface area contributed by atoms with Crippen molar-refractivity contribution < 1.29 is 0 Å². The van der Waals surface area contributed by atoms with Gasteiger partial charge in [-0.15, -0.1) is 0 Å². The maximum Gasteiger partial charge on any atom is -0.0219 e. The van der Waals surface area contributed by atoms with Crippen molar-refractivity contribution in [2.24, 2.45) is 5.92 Å². The molecule has 0 fully saturated rings. The predicted molar refractivity (Wildman–Crippen MR) is 59.7 cm³/mol. The van der Waals surface area contributed by atoms with E-state index in [1.807, 2.05) is 0 Å². The number of benzene rings is 1. The highest BCUT2D eigenvalue weighted by Crippen LogP contribution is 2.20. The molecule has 0 unspecified atom stereocenters. The van der Waals surface area contributed by atoms with Gasteiger partial charge in [0.05, 0.1) is 0 Å². The zero-order chi connectivity index (χ0) is 9.84. The van der Waals surface area contributed by atoms with E-state index in [9.17, 15) is 0 Å². The maximum atomic E-state index is 4.08. The molecule has 0 amide bonds. The van der Waals surface area contributed by atoms with Crippen LogP contribution in [0.3, 0.4) is 0 Å². The van der Waals surface area contributed by atoms with Gasteiger partial charge in [0.15, 0.2) is 0 Å². The number of hydrogen-bond acceptors (Lipinski definition) is 0. The Labute approximate surface area is 81.3 Å². The standard InChI is InChI=1S/C13H18/c1-5-12-6-8-13(9-7-12)11(4)10(2)3/h6-10H,4-5H2,1-3H3. The molecule has 0 aliphatic heterocycles. The van der Waals surface area contributed by atoms with Gasteiger partial charge in [0.1, 0.15) is 0 Å². The molecule has 0 heteroatoms. The average Bonchev–Trinajstić information content (AvgIpc) is 2.17. The van der Waals surface area contributed by atoms with Gasteiger partial charge in [0.2, 0.25) is 0 Å². The molecular weight excluding hydrogens is 156 g/mol. The van der Waals surface area contributed by atoms with E-state index in [-0.39, 0.29) is 0 Å². The van der Waals surface area contributed by atoms with Gasteiger partial charge in [-0.25, -0.2) is 0 Å². The Morgan fingerprint density at radius 1 is 1.23 bits per heavy atom. The van der Waals surface area contributed by atoms with Crippen molar-refractivity contribution in [2.45, 2.75) is 27.2 Å². The van der Waals surface area contributed by atoms with Crippen molar-refractivity contribution in [3.63, 3.8) is 0 Å². The Kier molecular flexibility index (Phi) is 3.30. The van der Waals surface area contributed by atoms with Gasteiger partial charge in [0, 0.05) is 0 Å². The second kappa shape index (κ2) is 4.27. The number of rotatable bonds is 3. The largest absolute Gasteiger partial charge is 0.0950 e. The lowest BCUT2D eigenvalue weighted by Gasteiger charge is -2.09. The van der Waals surface area contributed by atoms with Crippen LogP contribution in [0.4, 0.5) is 0 Å². The maximum absolute atomic E-state index is 4.08. The lowest BCUT2D eigenvalue weighted by molar-refractivity contribution is 0.857. The number of aryl methyl sites for hydroxylation is 1. The van der Waals surface area contributed by atoms with E-state index >= 15 is 0 Å². The Hall–Kier alpha value is -1.04. The smallest absolute Gasteiger partial charge is 0.0219 e. The quantitative estimate of drug-likeness (QED) is 0.651. The second-order valence-electron chi connectivity index (χ2n) is 3.73. The highest BCUT2D eigenvalue weighted by molar-refractivity contribution is 5.64. The van der Waals surface area contributed by atoms with Crippen LogP contribution in [0.15, 0.2) is 30.8 Å². The van der Waals surface area contributed by atoms with Crippen LogP contribution in [0.25, 0.3) is 5.57 Å². The minimum absolute atomic E-state index is 0.535. The molecule has 1 aromatic rings. The fourth-order valence-electron chi connectivity index (χ4n) is 1.29. The zero-order valence-electron chi connectivity index (χ0n) is 8.80. The molecule has 0 bridgehead atoms. The highest BCUT2D eigenvalue weighted by atomic mass is 14.1. The van der Waals surface area contributed by atoms with E-state index in [2.05, 4.69) is 51.6 Å². The molecule has 0 heterocycles. The molecule has 0 atom stereocenters. The molecule has 0 saturated heterocycles. The number of hydrogen-bond donors (Lipinski definition) is 0. The summed E-state index contributed by atoms with van der Waals surface area (Å²) in [6.45, 7) is 10.6. The number of allylic oxidation sites excluding steroid dienone is 1. The Balaban J connectivity index is 2.86. The molecule has 0 aliphatic rings. The van der Waals surface area contributed by atoms with Crippen molar-refractivity contribution in [3.05, 3.63) is 42.0 Å². The lowest BCUT2D eigenvalue weighted by atomic mass is 9.96. The molecule has 1 rings (SSSR count). The van der Waals surface area contributed by atoms with Crippen molar-refractivity contribution in [3.8, 4) is 0 Å². The van der Waals surface area contributed by atoms with Crippen molar-refractivity contribution >= 4 is 5.57 Å². The monoisotopic (exact) mass is 174 g/mol. The van der Waals surface area contributed by atoms with Gasteiger partial charge in [-0.2, -0.15) is 0 Å². The molecule has 0 spiro atoms. The first-order valence-electron chi connectivity index (χ1n) is 4.93. The first-order chi connectivity index (χ1) is 6.15. The van der Waals surface area contributed by atoms with Crippen LogP contribution in [0.1, 0.15) is 31.9 Å². The summed E-state index contributed by atoms with van der Waals surface area (Å²) in [5.74, 6) is 0.535. The summed E-state index contributed by atoms with van der Waals surface area (Å²) in [4.78, 5) is 0. The van der Waals surface area contributed by atoms with Crippen LogP contribution in [-0.4, -0.2) is 0 Å². The molecule has 0 radical (unpaired) electrons. The molecule has 0 aromatic heterocycles. The van der Waals surface area contributed by atoms with E-state index in [1.54, 1.807) is 0 Å². The van der Waals surface area contributed by atoms with E-state index in [0.29, 0.717) is 5.92 Å². The summed E-state index contributed by atoms with van der Waals surface area (Å²) < 4.78 is 0. The highest BCUT2D eigenvalue weighted by Gasteiger charge is 2.02. The lowest BCUT2D eigenvalue weighted by Crippen LogP contribution is -1.92. The first kappa shape index (κ1) is 10.0. The van der Waals surface area contributed by atoms with E-state index in [0.717, 1.165) is 6.42 Å². The topological polar surface area (TPSA) is 0 Å². The van der Waals surface area contributed by atoms with Gasteiger partial charge < -0.3 is 0 Å². The fraction of sp³-hybridized carbons (Fsp3) is 0.385. The van der Waals surface area contributed by atoms with Crippen molar-refractivity contribution in [1.82, 2.24) is 0 Å². The summed E-state index contributed by atoms with van der Waals surface area (Å²) in [5, 5.41) is 0. The van der Waals surface area contributed by atoms with E-state index < -0.39 is 0 Å². The summed E-state index contributed by atoms with van der Waals surface area (Å²) >= 11 is 0. The molecule has 70 valence electrons. The van der Waals surface area contributed by atoms with Crippen molar-refractivity contribution in [2.75, 3.05) is 0 Å². The van der Waals surface area contributed by atoms with E-state index in [4.69, 9.17) is 0 Å². The Morgan fingerprint density at radius 3 is 2.15 bits per heavy atom. The van der Waals surface area contributed by atoms with Gasteiger partial charge in [-0.3, -0.25) is 0 Å². The summed E-state index contributed by atoms with van der Waals surface area (Å²) in [5.41, 5.74) is 3.88. The molecule has 1 aromatic carbocycles. The first-order valence-corrected chi connectivity index (χ1v) is 4.93. The second-order valence-corrected chi connectivity index (χ2v) is 3.73. The average molecular weight is 174 g/mol. The molecule has 0 nitrogen and oxygen atoms in total. The minimum atomic E-state index is 0.535. The van der Waals surface area contributed by atoms with Crippen LogP contribution in [0.2, 0.25) is 0 Å². The van der Waals surface area contributed by atoms with Crippen molar-refractivity contribution in [1.29, 1.82) is 0 Å². The SMILES string of the molecule is C=C(c1ccc(CC)cc1)C(C)C. The predicted octanol–water partition coefficient (Wildman–Crippen LogP) is 3.92. The van der Waals surface area contributed by atoms with Gasteiger partial charge in [0.25, 0.3) is 0 Å². The molecule has 0 aliphatic carbocycles. The third-order valence-electron chi connectivity index (χ3n) is 2.43. The summed E-state index contributed by atoms with van der Waals surface area (Å²) in [6.07, 6.45) is 1.11. The van der Waals surface area contributed by atoms with Crippen LogP contribution in [-0.2, 0) is 6.42 Å². The zero-order valence-corrected chi connectivity index (χ0v) is 8.80. The van der Waals surface area contributed by atoms with Crippen LogP contribution >= 0.6 is 0 Å². The Morgan fingerprint density at radius 2 is 1.77 bits per heavy atom. The van der Waals surface area contributed by atoms with E-state index in [1.165, 1.54) is 16.7 Å². The van der Waals surface area contributed by atoms with Gasteiger partial charge >= 0.3 is 0 Å². The minimum Gasteiger partial charge on any atom is -0.0950 e. The third kappa shape index (κ3) is 2.45. The Bertz CT molecular complexity index is 277. The molecule has 0 saturated carbocycles. The van der Waals surface area contributed by atoms with Crippen LogP contribution < -0.4 is 0 Å². The fourth-order valence-corrected chi connectivity index (χ4v) is 1.29. The molecular formula is C13H18. The third-order valence-corrected chi connectivity index (χ3v) is 2.43. The summed E-state index contributed by atoms with van der Waals surface area (Å²) in [7, 11) is 0. The normalized spacial score (nSPS) is 10.5. The van der Waals surface area contributed by atoms with Crippen LogP contribution in [0.5, 0.6) is 0 Å². The molecule has 0 N–H and O–H groups in total.